The zero-order valence-corrected chi connectivity index (χ0v) is 7.70. The van der Waals surface area contributed by atoms with Crippen molar-refractivity contribution in [3.05, 3.63) is 11.5 Å². The molecule has 0 fully saturated rings. The molecule has 0 saturated heterocycles. The number of carboxylic acid groups (broad SMARTS) is 2. The molecule has 13 heavy (non-hydrogen) atoms. The van der Waals surface area contributed by atoms with E-state index in [1.165, 1.54) is 0 Å². The van der Waals surface area contributed by atoms with Gasteiger partial charge in [-0.3, -0.25) is 0 Å². The van der Waals surface area contributed by atoms with Gasteiger partial charge in [-0.15, -0.1) is 13.1 Å². The fourth-order valence-electron chi connectivity index (χ4n) is 0.204. The van der Waals surface area contributed by atoms with Gasteiger partial charge in [0.1, 0.15) is 0 Å². The van der Waals surface area contributed by atoms with Crippen molar-refractivity contribution in [2.45, 2.75) is 12.8 Å². The second-order valence-electron chi connectivity index (χ2n) is 1.74. The Morgan fingerprint density at radius 3 is 1.15 bits per heavy atom. The van der Waals surface area contributed by atoms with Crippen LogP contribution in [0.25, 0.3) is 11.5 Å². The van der Waals surface area contributed by atoms with Gasteiger partial charge >= 0.3 is 17.1 Å². The number of nitrogens with one attached hydrogen (secondary N) is 2. The molecule has 0 unspecified atom stereocenters. The first-order valence-electron chi connectivity index (χ1n) is 3.23. The Morgan fingerprint density at radius 2 is 1.15 bits per heavy atom. The number of carbonyl (C=O) groups excluding carboxylic acids is 2. The molecule has 0 aliphatic rings. The van der Waals surface area contributed by atoms with E-state index in [9.17, 15) is 19.8 Å². The van der Waals surface area contributed by atoms with E-state index in [1.807, 2.05) is 0 Å². The molecular formula is C6H10CuN2O4-2. The van der Waals surface area contributed by atoms with Crippen LogP contribution in [0.4, 0.5) is 0 Å². The van der Waals surface area contributed by atoms with E-state index in [0.717, 1.165) is 0 Å². The second-order valence-corrected chi connectivity index (χ2v) is 1.74. The van der Waals surface area contributed by atoms with E-state index in [4.69, 9.17) is 11.5 Å². The zero-order valence-electron chi connectivity index (χ0n) is 6.76. The Bertz CT molecular complexity index is 127. The van der Waals surface area contributed by atoms with Gasteiger partial charge < -0.3 is 31.3 Å². The first kappa shape index (κ1) is 18.2. The summed E-state index contributed by atoms with van der Waals surface area (Å²) in [4.78, 5) is 18.7. The Labute approximate surface area is 86.8 Å². The zero-order chi connectivity index (χ0) is 9.98. The maximum atomic E-state index is 9.37. The summed E-state index contributed by atoms with van der Waals surface area (Å²) < 4.78 is 0. The van der Waals surface area contributed by atoms with Crippen molar-refractivity contribution in [3.63, 3.8) is 0 Å². The third-order valence-electron chi connectivity index (χ3n) is 0.658. The molecule has 0 aromatic heterocycles. The molecule has 0 rings (SSSR count). The first-order valence-corrected chi connectivity index (χ1v) is 3.23. The molecule has 0 aromatic carbocycles. The number of hydrogen-bond donors (Lipinski definition) is 0. The summed E-state index contributed by atoms with van der Waals surface area (Å²) in [6.07, 6.45) is -0.306. The quantitative estimate of drug-likeness (QED) is 0.543. The number of hydrogen-bond acceptors (Lipinski definition) is 4. The van der Waals surface area contributed by atoms with Crippen molar-refractivity contribution in [1.29, 1.82) is 0 Å². The molecule has 1 radical (unpaired) electrons. The molecule has 0 spiro atoms. The van der Waals surface area contributed by atoms with Crippen LogP contribution in [-0.4, -0.2) is 25.0 Å². The van der Waals surface area contributed by atoms with Crippen molar-refractivity contribution >= 4 is 11.9 Å². The molecular weight excluding hydrogens is 228 g/mol. The van der Waals surface area contributed by atoms with Crippen LogP contribution < -0.4 is 10.2 Å². The van der Waals surface area contributed by atoms with Crippen LogP contribution in [0.5, 0.6) is 0 Å². The van der Waals surface area contributed by atoms with Crippen LogP contribution in [0.2, 0.25) is 0 Å². The van der Waals surface area contributed by atoms with E-state index in [0.29, 0.717) is 0 Å². The Morgan fingerprint density at radius 1 is 0.923 bits per heavy atom. The van der Waals surface area contributed by atoms with Crippen LogP contribution in [0.3, 0.4) is 0 Å². The van der Waals surface area contributed by atoms with Crippen molar-refractivity contribution in [1.82, 2.24) is 0 Å². The summed E-state index contributed by atoms with van der Waals surface area (Å²) in [7, 11) is 0. The molecule has 0 bridgehead atoms. The summed E-state index contributed by atoms with van der Waals surface area (Å²) in [6.45, 7) is -0.162. The molecule has 0 aliphatic heterocycles. The largest absolute Gasteiger partial charge is 2.00 e. The number of carbonyl (C=O) groups is 2. The topological polar surface area (TPSA) is 128 Å². The number of carboxylic acids is 2. The Hall–Kier alpha value is -0.621. The minimum absolute atomic E-state index is 0. The molecule has 0 aromatic rings. The van der Waals surface area contributed by atoms with Crippen LogP contribution in [0.1, 0.15) is 12.8 Å². The third kappa shape index (κ3) is 34.6. The smallest absolute Gasteiger partial charge is 0.677 e. The van der Waals surface area contributed by atoms with Gasteiger partial charge in [-0.05, 0) is 12.8 Å². The van der Waals surface area contributed by atoms with Crippen LogP contribution >= 0.6 is 0 Å². The van der Waals surface area contributed by atoms with Gasteiger partial charge in [-0.2, -0.15) is 0 Å². The maximum Gasteiger partial charge on any atom is 2.00 e. The maximum absolute atomic E-state index is 9.37. The minimum Gasteiger partial charge on any atom is -0.677 e. The number of rotatable bonds is 4. The van der Waals surface area contributed by atoms with Gasteiger partial charge in [-0.1, -0.05) is 0 Å². The summed E-state index contributed by atoms with van der Waals surface area (Å²) in [5.41, 5.74) is 12.6. The van der Waals surface area contributed by atoms with E-state index in [2.05, 4.69) is 0 Å². The average molecular weight is 238 g/mol. The molecule has 6 nitrogen and oxygen atoms in total. The van der Waals surface area contributed by atoms with Crippen molar-refractivity contribution < 1.29 is 36.9 Å². The molecule has 0 aliphatic carbocycles. The SMILES string of the molecule is [Cu+2].[NH-]CCC(=O)[O-].[NH-]CCC(=O)[O-]. The molecule has 0 heterocycles. The monoisotopic (exact) mass is 237 g/mol. The first-order chi connectivity index (χ1) is 5.54. The fourth-order valence-corrected chi connectivity index (χ4v) is 0.204. The number of aliphatic carboxylic acids is 2. The standard InChI is InChI=1S/2C3H6NO2.Cu/c2*4-2-1-3(5)6;/h2*4H,1-2H2,(H,5,6);/q2*-1;+2/p-2. The Kier molecular flexibility index (Phi) is 19.5. The fraction of sp³-hybridized carbons (Fsp3) is 0.667. The van der Waals surface area contributed by atoms with E-state index < -0.39 is 11.9 Å². The van der Waals surface area contributed by atoms with Crippen molar-refractivity contribution in [2.24, 2.45) is 0 Å². The van der Waals surface area contributed by atoms with Gasteiger partial charge in [0.15, 0.2) is 0 Å². The average Bonchev–Trinajstić information content (AvgIpc) is 1.87. The summed E-state index contributed by atoms with van der Waals surface area (Å²) in [5.74, 6) is -2.30. The summed E-state index contributed by atoms with van der Waals surface area (Å²) >= 11 is 0. The summed E-state index contributed by atoms with van der Waals surface area (Å²) in [6, 6.07) is 0. The van der Waals surface area contributed by atoms with Gasteiger partial charge in [-0.25, -0.2) is 0 Å². The van der Waals surface area contributed by atoms with Gasteiger partial charge in [0.25, 0.3) is 0 Å². The predicted molar refractivity (Wildman–Crippen MR) is 37.6 cm³/mol. The minimum atomic E-state index is -1.15. The van der Waals surface area contributed by atoms with Gasteiger partial charge in [0.2, 0.25) is 0 Å². The molecule has 81 valence electrons. The summed E-state index contributed by atoms with van der Waals surface area (Å²) in [5, 5.41) is 18.7. The van der Waals surface area contributed by atoms with Gasteiger partial charge in [0.05, 0.1) is 0 Å². The predicted octanol–water partition coefficient (Wildman–Crippen LogP) is -1.65. The second kappa shape index (κ2) is 13.9. The van der Waals surface area contributed by atoms with Crippen molar-refractivity contribution in [3.8, 4) is 0 Å². The normalized spacial score (nSPS) is 7.54. The van der Waals surface area contributed by atoms with E-state index in [1.54, 1.807) is 0 Å². The van der Waals surface area contributed by atoms with E-state index >= 15 is 0 Å². The van der Waals surface area contributed by atoms with Crippen molar-refractivity contribution in [2.75, 3.05) is 13.1 Å². The van der Waals surface area contributed by atoms with Crippen LogP contribution in [-0.2, 0) is 26.7 Å². The third-order valence-corrected chi connectivity index (χ3v) is 0.658. The van der Waals surface area contributed by atoms with Crippen LogP contribution in [0.15, 0.2) is 0 Å². The molecule has 0 atom stereocenters. The van der Waals surface area contributed by atoms with Crippen LogP contribution in [0, 0.1) is 0 Å². The molecule has 0 saturated carbocycles. The Balaban J connectivity index is -0.000000143. The molecule has 2 N–H and O–H groups in total. The van der Waals surface area contributed by atoms with E-state index in [-0.39, 0.29) is 43.0 Å². The molecule has 0 amide bonds. The van der Waals surface area contributed by atoms with Gasteiger partial charge in [0, 0.05) is 11.9 Å². The molecule has 7 heteroatoms.